The molecule has 8 heavy (non-hydrogen) atoms. The van der Waals surface area contributed by atoms with Crippen molar-refractivity contribution in [2.24, 2.45) is 5.10 Å². The minimum absolute atomic E-state index is 0.359. The molecule has 46 valence electrons. The topological polar surface area (TPSA) is 15.6 Å². The summed E-state index contributed by atoms with van der Waals surface area (Å²) in [5.41, 5.74) is 0. The third-order valence-electron chi connectivity index (χ3n) is 0.943. The number of rotatable bonds is 1. The van der Waals surface area contributed by atoms with Crippen LogP contribution in [0.2, 0.25) is 0 Å². The first kappa shape index (κ1) is 5.47. The first-order valence-corrected chi connectivity index (χ1v) is 2.38. The van der Waals surface area contributed by atoms with E-state index in [-0.39, 0.29) is 0 Å². The molecule has 0 bridgehead atoms. The summed E-state index contributed by atoms with van der Waals surface area (Å²) in [6.45, 7) is -2.06. The van der Waals surface area contributed by atoms with E-state index >= 15 is 0 Å². The first-order valence-electron chi connectivity index (χ1n) is 2.38. The minimum Gasteiger partial charge on any atom is -0.237 e. The summed E-state index contributed by atoms with van der Waals surface area (Å²) in [6, 6.07) is 0. The van der Waals surface area contributed by atoms with Gasteiger partial charge >= 0.3 is 6.55 Å². The van der Waals surface area contributed by atoms with Gasteiger partial charge in [0.1, 0.15) is 0 Å². The van der Waals surface area contributed by atoms with Crippen molar-refractivity contribution < 1.29 is 8.78 Å². The third kappa shape index (κ3) is 0.936. The second-order valence-corrected chi connectivity index (χ2v) is 1.53. The Balaban J connectivity index is 2.36. The Morgan fingerprint density at radius 1 is 1.62 bits per heavy atom. The van der Waals surface area contributed by atoms with Gasteiger partial charge in [-0.1, -0.05) is 0 Å². The highest BCUT2D eigenvalue weighted by molar-refractivity contribution is 5.58. The highest BCUT2D eigenvalue weighted by Crippen LogP contribution is 2.07. The summed E-state index contributed by atoms with van der Waals surface area (Å²) in [5.74, 6) is 0. The number of hydrogen-bond donors (Lipinski definition) is 0. The standard InChI is InChI=1S/C4H6F2N2/c5-4(6)8-3-1-2-7-8/h2,4H,1,3H2. The lowest BCUT2D eigenvalue weighted by Crippen LogP contribution is -2.19. The van der Waals surface area contributed by atoms with Crippen molar-refractivity contribution >= 4 is 6.21 Å². The molecule has 0 N–H and O–H groups in total. The van der Waals surface area contributed by atoms with E-state index in [1.165, 1.54) is 6.21 Å². The van der Waals surface area contributed by atoms with Crippen LogP contribution in [-0.4, -0.2) is 24.3 Å². The minimum atomic E-state index is -2.42. The maximum atomic E-state index is 11.6. The molecule has 0 saturated carbocycles. The fourth-order valence-electron chi connectivity index (χ4n) is 0.558. The van der Waals surface area contributed by atoms with Crippen LogP contribution in [0, 0.1) is 0 Å². The van der Waals surface area contributed by atoms with Crippen LogP contribution in [-0.2, 0) is 0 Å². The fourth-order valence-corrected chi connectivity index (χ4v) is 0.558. The molecule has 0 unspecified atom stereocenters. The number of hydrogen-bond acceptors (Lipinski definition) is 2. The van der Waals surface area contributed by atoms with Gasteiger partial charge in [-0.05, 0) is 0 Å². The van der Waals surface area contributed by atoms with Crippen molar-refractivity contribution in [3.05, 3.63) is 0 Å². The van der Waals surface area contributed by atoms with Crippen LogP contribution in [0.15, 0.2) is 5.10 Å². The summed E-state index contributed by atoms with van der Waals surface area (Å²) >= 11 is 0. The van der Waals surface area contributed by atoms with Crippen molar-refractivity contribution in [3.63, 3.8) is 0 Å². The normalized spacial score (nSPS) is 18.6. The van der Waals surface area contributed by atoms with Gasteiger partial charge in [-0.25, -0.2) is 5.01 Å². The number of alkyl halides is 2. The van der Waals surface area contributed by atoms with Gasteiger partial charge < -0.3 is 0 Å². The molecule has 0 saturated heterocycles. The van der Waals surface area contributed by atoms with Gasteiger partial charge in [0.25, 0.3) is 0 Å². The Morgan fingerprint density at radius 2 is 2.38 bits per heavy atom. The molecule has 0 spiro atoms. The molecule has 0 amide bonds. The SMILES string of the molecule is FC(F)N1CCC=N1. The van der Waals surface area contributed by atoms with Crippen molar-refractivity contribution in [1.82, 2.24) is 5.01 Å². The lowest BCUT2D eigenvalue weighted by Gasteiger charge is -2.09. The number of nitrogens with zero attached hydrogens (tertiary/aromatic N) is 2. The smallest absolute Gasteiger partial charge is 0.237 e. The average Bonchev–Trinajstić information content (AvgIpc) is 2.12. The van der Waals surface area contributed by atoms with Crippen LogP contribution in [0.4, 0.5) is 8.78 Å². The molecule has 2 nitrogen and oxygen atoms in total. The van der Waals surface area contributed by atoms with Crippen LogP contribution < -0.4 is 0 Å². The molecule has 0 aromatic carbocycles. The van der Waals surface area contributed by atoms with Crippen molar-refractivity contribution in [3.8, 4) is 0 Å². The van der Waals surface area contributed by atoms with Gasteiger partial charge in [0.15, 0.2) is 0 Å². The molecule has 1 aliphatic heterocycles. The molecule has 0 atom stereocenters. The molecule has 0 aromatic rings. The maximum Gasteiger partial charge on any atom is 0.329 e. The molecule has 4 heteroatoms. The van der Waals surface area contributed by atoms with Gasteiger partial charge in [-0.15, -0.1) is 0 Å². The van der Waals surface area contributed by atoms with E-state index in [0.29, 0.717) is 13.0 Å². The summed E-state index contributed by atoms with van der Waals surface area (Å²) in [5, 5.41) is 4.16. The molecule has 0 aliphatic carbocycles. The van der Waals surface area contributed by atoms with E-state index in [0.717, 1.165) is 5.01 Å². The number of hydrazone groups is 1. The molecule has 0 aromatic heterocycles. The van der Waals surface area contributed by atoms with Gasteiger partial charge in [-0.3, -0.25) is 0 Å². The summed E-state index contributed by atoms with van der Waals surface area (Å²) in [6.07, 6.45) is 2.14. The third-order valence-corrected chi connectivity index (χ3v) is 0.943. The number of halogens is 2. The van der Waals surface area contributed by atoms with E-state index in [2.05, 4.69) is 5.10 Å². The fraction of sp³-hybridized carbons (Fsp3) is 0.750. The predicted octanol–water partition coefficient (Wildman–Crippen LogP) is 0.900. The molecular formula is C4H6F2N2. The summed E-state index contributed by atoms with van der Waals surface area (Å²) in [4.78, 5) is 0. The quantitative estimate of drug-likeness (QED) is 0.469. The van der Waals surface area contributed by atoms with E-state index in [1.807, 2.05) is 0 Å². The Morgan fingerprint density at radius 3 is 2.62 bits per heavy atom. The van der Waals surface area contributed by atoms with Gasteiger partial charge in [0.05, 0.1) is 0 Å². The maximum absolute atomic E-state index is 11.6. The van der Waals surface area contributed by atoms with Crippen LogP contribution >= 0.6 is 0 Å². The van der Waals surface area contributed by atoms with E-state index in [4.69, 9.17) is 0 Å². The summed E-state index contributed by atoms with van der Waals surface area (Å²) < 4.78 is 23.1. The zero-order valence-corrected chi connectivity index (χ0v) is 4.22. The molecular weight excluding hydrogens is 114 g/mol. The molecule has 1 rings (SSSR count). The second kappa shape index (κ2) is 2.07. The molecule has 0 fully saturated rings. The van der Waals surface area contributed by atoms with E-state index in [1.54, 1.807) is 0 Å². The summed E-state index contributed by atoms with van der Waals surface area (Å²) in [7, 11) is 0. The van der Waals surface area contributed by atoms with Gasteiger partial charge in [0.2, 0.25) is 0 Å². The second-order valence-electron chi connectivity index (χ2n) is 1.53. The Kier molecular flexibility index (Phi) is 1.41. The lowest BCUT2D eigenvalue weighted by atomic mass is 10.5. The zero-order chi connectivity index (χ0) is 5.98. The monoisotopic (exact) mass is 120 g/mol. The molecule has 0 radical (unpaired) electrons. The highest BCUT2D eigenvalue weighted by Gasteiger charge is 2.14. The van der Waals surface area contributed by atoms with Crippen LogP contribution in [0.25, 0.3) is 0 Å². The van der Waals surface area contributed by atoms with Gasteiger partial charge in [-0.2, -0.15) is 13.9 Å². The molecule has 1 aliphatic rings. The van der Waals surface area contributed by atoms with Crippen molar-refractivity contribution in [2.45, 2.75) is 13.0 Å². The Labute approximate surface area is 45.8 Å². The van der Waals surface area contributed by atoms with Crippen LogP contribution in [0.1, 0.15) is 6.42 Å². The first-order chi connectivity index (χ1) is 3.80. The van der Waals surface area contributed by atoms with E-state index in [9.17, 15) is 8.78 Å². The Hall–Kier alpha value is -0.670. The van der Waals surface area contributed by atoms with Crippen molar-refractivity contribution in [1.29, 1.82) is 0 Å². The predicted molar refractivity (Wildman–Crippen MR) is 25.8 cm³/mol. The van der Waals surface area contributed by atoms with Crippen molar-refractivity contribution in [2.75, 3.05) is 6.54 Å². The van der Waals surface area contributed by atoms with Crippen LogP contribution in [0.3, 0.4) is 0 Å². The highest BCUT2D eigenvalue weighted by atomic mass is 19.3. The largest absolute Gasteiger partial charge is 0.329 e. The molecule has 1 heterocycles. The van der Waals surface area contributed by atoms with E-state index < -0.39 is 6.55 Å². The zero-order valence-electron chi connectivity index (χ0n) is 4.22. The van der Waals surface area contributed by atoms with Crippen LogP contribution in [0.5, 0.6) is 0 Å². The average molecular weight is 120 g/mol. The van der Waals surface area contributed by atoms with Gasteiger partial charge in [0, 0.05) is 19.2 Å². The Bertz CT molecular complexity index is 102. The lowest BCUT2D eigenvalue weighted by molar-refractivity contribution is -0.0179.